The SMILES string of the molecule is O=C(NCCN1CCCC1)c1ccncc1S. The van der Waals surface area contributed by atoms with Gasteiger partial charge in [-0.05, 0) is 32.0 Å². The third-order valence-electron chi connectivity index (χ3n) is 2.96. The van der Waals surface area contributed by atoms with Crippen LogP contribution in [0.2, 0.25) is 0 Å². The fourth-order valence-electron chi connectivity index (χ4n) is 2.01. The van der Waals surface area contributed by atoms with Gasteiger partial charge in [-0.2, -0.15) is 0 Å². The van der Waals surface area contributed by atoms with Crippen molar-refractivity contribution in [3.8, 4) is 0 Å². The summed E-state index contributed by atoms with van der Waals surface area (Å²) in [6.45, 7) is 3.93. The number of amides is 1. The summed E-state index contributed by atoms with van der Waals surface area (Å²) in [5.41, 5.74) is 0.588. The Morgan fingerprint density at radius 3 is 2.94 bits per heavy atom. The zero-order valence-electron chi connectivity index (χ0n) is 9.72. The van der Waals surface area contributed by atoms with Gasteiger partial charge in [0.2, 0.25) is 0 Å². The minimum Gasteiger partial charge on any atom is -0.351 e. The molecule has 1 aliphatic rings. The van der Waals surface area contributed by atoms with Gasteiger partial charge in [0, 0.05) is 30.4 Å². The number of rotatable bonds is 4. The topological polar surface area (TPSA) is 45.2 Å². The summed E-state index contributed by atoms with van der Waals surface area (Å²) in [5.74, 6) is -0.0726. The maximum Gasteiger partial charge on any atom is 0.252 e. The molecule has 1 aliphatic heterocycles. The average molecular weight is 251 g/mol. The van der Waals surface area contributed by atoms with Crippen molar-refractivity contribution in [3.63, 3.8) is 0 Å². The number of likely N-dealkylation sites (tertiary alicyclic amines) is 1. The molecule has 0 spiro atoms. The molecule has 0 aliphatic carbocycles. The van der Waals surface area contributed by atoms with Crippen molar-refractivity contribution in [2.75, 3.05) is 26.2 Å². The molecule has 0 saturated carbocycles. The van der Waals surface area contributed by atoms with Gasteiger partial charge in [-0.25, -0.2) is 0 Å². The molecule has 0 atom stereocenters. The van der Waals surface area contributed by atoms with Gasteiger partial charge in [0.1, 0.15) is 0 Å². The molecular weight excluding hydrogens is 234 g/mol. The number of thiol groups is 1. The quantitative estimate of drug-likeness (QED) is 0.790. The lowest BCUT2D eigenvalue weighted by Gasteiger charge is -2.14. The van der Waals surface area contributed by atoms with Crippen LogP contribution in [0.15, 0.2) is 23.4 Å². The Morgan fingerprint density at radius 1 is 1.47 bits per heavy atom. The summed E-state index contributed by atoms with van der Waals surface area (Å²) in [4.78, 5) is 18.7. The van der Waals surface area contributed by atoms with Crippen LogP contribution in [-0.4, -0.2) is 42.0 Å². The van der Waals surface area contributed by atoms with Gasteiger partial charge in [0.25, 0.3) is 5.91 Å². The predicted octanol–water partition coefficient (Wildman–Crippen LogP) is 1.20. The maximum atomic E-state index is 11.8. The largest absolute Gasteiger partial charge is 0.351 e. The fourth-order valence-corrected chi connectivity index (χ4v) is 2.25. The van der Waals surface area contributed by atoms with Crippen molar-refractivity contribution in [1.29, 1.82) is 0 Å². The van der Waals surface area contributed by atoms with E-state index in [0.29, 0.717) is 17.0 Å². The minimum atomic E-state index is -0.0726. The molecule has 1 fully saturated rings. The molecule has 1 aromatic rings. The second kappa shape index (κ2) is 6.02. The summed E-state index contributed by atoms with van der Waals surface area (Å²) >= 11 is 4.21. The lowest BCUT2D eigenvalue weighted by atomic mass is 10.2. The van der Waals surface area contributed by atoms with Gasteiger partial charge in [-0.1, -0.05) is 0 Å². The van der Waals surface area contributed by atoms with E-state index in [1.165, 1.54) is 12.8 Å². The zero-order valence-corrected chi connectivity index (χ0v) is 10.6. The molecular formula is C12H17N3OS. The summed E-state index contributed by atoms with van der Waals surface area (Å²) in [5, 5.41) is 2.91. The first-order chi connectivity index (χ1) is 8.27. The van der Waals surface area contributed by atoms with Gasteiger partial charge in [-0.15, -0.1) is 12.6 Å². The number of carbonyl (C=O) groups excluding carboxylic acids is 1. The van der Waals surface area contributed by atoms with E-state index in [1.54, 1.807) is 18.5 Å². The lowest BCUT2D eigenvalue weighted by molar-refractivity contribution is 0.0946. The zero-order chi connectivity index (χ0) is 12.1. The van der Waals surface area contributed by atoms with Crippen LogP contribution in [-0.2, 0) is 0 Å². The first-order valence-electron chi connectivity index (χ1n) is 5.91. The van der Waals surface area contributed by atoms with E-state index in [0.717, 1.165) is 19.6 Å². The van der Waals surface area contributed by atoms with E-state index >= 15 is 0 Å². The number of hydrogen-bond donors (Lipinski definition) is 2. The Bertz CT molecular complexity index is 391. The maximum absolute atomic E-state index is 11.8. The van der Waals surface area contributed by atoms with Gasteiger partial charge in [0.15, 0.2) is 0 Å². The normalized spacial score (nSPS) is 16.1. The van der Waals surface area contributed by atoms with E-state index in [2.05, 4.69) is 27.8 Å². The van der Waals surface area contributed by atoms with Crippen LogP contribution in [0.3, 0.4) is 0 Å². The van der Waals surface area contributed by atoms with Crippen LogP contribution in [0.5, 0.6) is 0 Å². The summed E-state index contributed by atoms with van der Waals surface area (Å²) in [6, 6.07) is 1.69. The molecule has 1 saturated heterocycles. The number of aromatic nitrogens is 1. The highest BCUT2D eigenvalue weighted by Crippen LogP contribution is 2.10. The second-order valence-corrected chi connectivity index (χ2v) is 4.68. The van der Waals surface area contributed by atoms with Crippen LogP contribution < -0.4 is 5.32 Å². The predicted molar refractivity (Wildman–Crippen MR) is 69.5 cm³/mol. The van der Waals surface area contributed by atoms with Crippen molar-refractivity contribution in [2.45, 2.75) is 17.7 Å². The summed E-state index contributed by atoms with van der Waals surface area (Å²) in [6.07, 6.45) is 5.74. The van der Waals surface area contributed by atoms with E-state index in [-0.39, 0.29) is 5.91 Å². The molecule has 1 amide bonds. The Hall–Kier alpha value is -1.07. The highest BCUT2D eigenvalue weighted by molar-refractivity contribution is 7.80. The highest BCUT2D eigenvalue weighted by atomic mass is 32.1. The van der Waals surface area contributed by atoms with Crippen LogP contribution in [0.25, 0.3) is 0 Å². The summed E-state index contributed by atoms with van der Waals surface area (Å²) < 4.78 is 0. The van der Waals surface area contributed by atoms with E-state index in [9.17, 15) is 4.79 Å². The van der Waals surface area contributed by atoms with Crippen LogP contribution in [0.1, 0.15) is 23.2 Å². The molecule has 0 aromatic carbocycles. The van der Waals surface area contributed by atoms with Crippen molar-refractivity contribution in [1.82, 2.24) is 15.2 Å². The van der Waals surface area contributed by atoms with Crippen LogP contribution in [0.4, 0.5) is 0 Å². The molecule has 1 aromatic heterocycles. The Labute approximate surface area is 107 Å². The fraction of sp³-hybridized carbons (Fsp3) is 0.500. The molecule has 0 bridgehead atoms. The standard InChI is InChI=1S/C12H17N3OS/c16-12(10-3-4-13-9-11(10)17)14-5-8-15-6-1-2-7-15/h3-4,9,17H,1-2,5-8H2,(H,14,16). The molecule has 0 radical (unpaired) electrons. The molecule has 0 unspecified atom stereocenters. The van der Waals surface area contributed by atoms with Crippen molar-refractivity contribution in [3.05, 3.63) is 24.0 Å². The molecule has 92 valence electrons. The number of nitrogens with one attached hydrogen (secondary N) is 1. The average Bonchev–Trinajstić information content (AvgIpc) is 2.82. The second-order valence-electron chi connectivity index (χ2n) is 4.20. The first-order valence-corrected chi connectivity index (χ1v) is 6.35. The Balaban J connectivity index is 1.79. The van der Waals surface area contributed by atoms with Crippen LogP contribution in [0, 0.1) is 0 Å². The third kappa shape index (κ3) is 3.44. The van der Waals surface area contributed by atoms with E-state index in [4.69, 9.17) is 0 Å². The molecule has 4 nitrogen and oxygen atoms in total. The van der Waals surface area contributed by atoms with Crippen molar-refractivity contribution < 1.29 is 4.79 Å². The molecule has 2 heterocycles. The molecule has 1 N–H and O–H groups in total. The summed E-state index contributed by atoms with van der Waals surface area (Å²) in [7, 11) is 0. The third-order valence-corrected chi connectivity index (χ3v) is 3.31. The minimum absolute atomic E-state index is 0.0726. The van der Waals surface area contributed by atoms with Crippen LogP contribution >= 0.6 is 12.6 Å². The molecule has 5 heteroatoms. The molecule has 17 heavy (non-hydrogen) atoms. The van der Waals surface area contributed by atoms with Gasteiger partial charge < -0.3 is 10.2 Å². The Morgan fingerprint density at radius 2 is 2.24 bits per heavy atom. The monoisotopic (exact) mass is 251 g/mol. The van der Waals surface area contributed by atoms with Gasteiger partial charge >= 0.3 is 0 Å². The number of hydrogen-bond acceptors (Lipinski definition) is 4. The number of nitrogens with zero attached hydrogens (tertiary/aromatic N) is 2. The smallest absolute Gasteiger partial charge is 0.252 e. The number of pyridine rings is 1. The van der Waals surface area contributed by atoms with Crippen molar-refractivity contribution in [2.24, 2.45) is 0 Å². The lowest BCUT2D eigenvalue weighted by Crippen LogP contribution is -2.33. The van der Waals surface area contributed by atoms with Crippen molar-refractivity contribution >= 4 is 18.5 Å². The first kappa shape index (κ1) is 12.4. The Kier molecular flexibility index (Phi) is 4.39. The highest BCUT2D eigenvalue weighted by Gasteiger charge is 2.12. The number of carbonyl (C=O) groups is 1. The van der Waals surface area contributed by atoms with E-state index < -0.39 is 0 Å². The van der Waals surface area contributed by atoms with Gasteiger partial charge in [-0.3, -0.25) is 9.78 Å². The van der Waals surface area contributed by atoms with E-state index in [1.807, 2.05) is 0 Å². The van der Waals surface area contributed by atoms with Gasteiger partial charge in [0.05, 0.1) is 5.56 Å². The molecule has 2 rings (SSSR count).